The molecule has 120 valence electrons. The molecule has 0 unspecified atom stereocenters. The van der Waals surface area contributed by atoms with Gasteiger partial charge in [-0.2, -0.15) is 0 Å². The fourth-order valence-electron chi connectivity index (χ4n) is 0.411. The Labute approximate surface area is 118 Å². The molecule has 0 heterocycles. The maximum absolute atomic E-state index is 10.0. The molecule has 7 N–H and O–H groups in total. The minimum absolute atomic E-state index is 0.250. The van der Waals surface area contributed by atoms with Crippen molar-refractivity contribution < 1.29 is 25.8 Å². The zero-order valence-corrected chi connectivity index (χ0v) is 15.0. The molecule has 0 aromatic carbocycles. The van der Waals surface area contributed by atoms with Gasteiger partial charge in [-0.25, -0.2) is 0 Å². The molecular formula is C12H34N3O3P. The molecule has 0 saturated carbocycles. The van der Waals surface area contributed by atoms with Crippen LogP contribution < -0.4 is 26.3 Å². The first kappa shape index (κ1) is 24.1. The predicted octanol–water partition coefficient (Wildman–Crippen LogP) is -0.743. The zero-order valence-electron chi connectivity index (χ0n) is 14.1. The van der Waals surface area contributed by atoms with E-state index in [1.807, 2.05) is 5.09 Å². The Morgan fingerprint density at radius 2 is 0.947 bits per heavy atom. The molecule has 0 aromatic rings. The van der Waals surface area contributed by atoms with Crippen molar-refractivity contribution in [2.45, 2.75) is 78.9 Å². The first-order valence-corrected chi connectivity index (χ1v) is 7.77. The van der Waals surface area contributed by atoms with Crippen molar-refractivity contribution >= 4 is 7.75 Å². The van der Waals surface area contributed by atoms with E-state index in [1.165, 1.54) is 0 Å². The first-order valence-electron chi connectivity index (χ1n) is 6.23. The Morgan fingerprint density at radius 1 is 0.789 bits per heavy atom. The molecule has 0 aliphatic rings. The summed E-state index contributed by atoms with van der Waals surface area (Å²) in [6.07, 6.45) is 0. The first-order chi connectivity index (χ1) is 7.71. The van der Waals surface area contributed by atoms with Crippen LogP contribution in [-0.4, -0.2) is 16.6 Å². The van der Waals surface area contributed by atoms with E-state index in [9.17, 15) is 14.4 Å². The molecule has 0 saturated heterocycles. The van der Waals surface area contributed by atoms with Crippen LogP contribution in [0.15, 0.2) is 0 Å². The number of hydrogen-bond donors (Lipinski definition) is 3. The second kappa shape index (κ2) is 8.35. The summed E-state index contributed by atoms with van der Waals surface area (Å²) in [5.41, 5.74) is 7.39. The SMILES string of the molecule is CC(C)(C)NP(=O)([O-])[O-].CC(C)(C)[NH3+].CC(C)(C)[NH3+]. The summed E-state index contributed by atoms with van der Waals surface area (Å²) in [6, 6.07) is 0. The topological polar surface area (TPSA) is 130 Å². The predicted molar refractivity (Wildman–Crippen MR) is 75.8 cm³/mol. The minimum atomic E-state index is -4.54. The number of hydrogen-bond acceptors (Lipinski definition) is 3. The second-order valence-corrected chi connectivity index (χ2v) is 9.20. The highest BCUT2D eigenvalue weighted by molar-refractivity contribution is 7.46. The van der Waals surface area contributed by atoms with Crippen LogP contribution in [0.3, 0.4) is 0 Å². The normalized spacial score (nSPS) is 12.9. The summed E-state index contributed by atoms with van der Waals surface area (Å²) in [7, 11) is -4.54. The molecule has 0 aromatic heterocycles. The van der Waals surface area contributed by atoms with Crippen LogP contribution in [0.1, 0.15) is 62.3 Å². The highest BCUT2D eigenvalue weighted by atomic mass is 31.2. The fraction of sp³-hybridized carbons (Fsp3) is 1.00. The van der Waals surface area contributed by atoms with Crippen molar-refractivity contribution in [3.8, 4) is 0 Å². The Balaban J connectivity index is -0.000000219. The van der Waals surface area contributed by atoms with E-state index >= 15 is 0 Å². The molecule has 0 spiro atoms. The van der Waals surface area contributed by atoms with E-state index in [0.717, 1.165) is 0 Å². The van der Waals surface area contributed by atoms with Gasteiger partial charge in [0.15, 0.2) is 0 Å². The Bertz CT molecular complexity index is 245. The average molecular weight is 299 g/mol. The van der Waals surface area contributed by atoms with E-state index in [-0.39, 0.29) is 11.1 Å². The molecule has 0 fully saturated rings. The summed E-state index contributed by atoms with van der Waals surface area (Å²) in [4.78, 5) is 20.0. The van der Waals surface area contributed by atoms with Gasteiger partial charge in [0.1, 0.15) is 0 Å². The van der Waals surface area contributed by atoms with Crippen molar-refractivity contribution in [1.29, 1.82) is 0 Å². The van der Waals surface area contributed by atoms with Gasteiger partial charge in [0.2, 0.25) is 0 Å². The summed E-state index contributed by atoms with van der Waals surface area (Å²) in [5, 5.41) is 1.90. The fourth-order valence-corrected chi connectivity index (χ4v) is 1.23. The van der Waals surface area contributed by atoms with Crippen molar-refractivity contribution in [2.24, 2.45) is 0 Å². The lowest BCUT2D eigenvalue weighted by Gasteiger charge is -2.37. The summed E-state index contributed by atoms with van der Waals surface area (Å²) in [6.45, 7) is 17.3. The third-order valence-corrected chi connectivity index (χ3v) is 1.42. The molecule has 6 nitrogen and oxygen atoms in total. The molecule has 0 amide bonds. The van der Waals surface area contributed by atoms with Crippen molar-refractivity contribution in [1.82, 2.24) is 5.09 Å². The van der Waals surface area contributed by atoms with E-state index in [1.54, 1.807) is 20.8 Å². The number of quaternary nitrogens is 2. The van der Waals surface area contributed by atoms with E-state index in [0.29, 0.717) is 0 Å². The smallest absolute Gasteiger partial charge is 0.0860 e. The third-order valence-electron chi connectivity index (χ3n) is 0.472. The van der Waals surface area contributed by atoms with E-state index in [2.05, 4.69) is 53.0 Å². The van der Waals surface area contributed by atoms with Gasteiger partial charge in [-0.1, -0.05) is 0 Å². The molecule has 0 aliphatic heterocycles. The zero-order chi connectivity index (χ0) is 16.7. The van der Waals surface area contributed by atoms with E-state index < -0.39 is 13.3 Å². The molecule has 0 bridgehead atoms. The number of rotatable bonds is 1. The molecule has 0 rings (SSSR count). The monoisotopic (exact) mass is 299 g/mol. The van der Waals surface area contributed by atoms with Crippen LogP contribution in [-0.2, 0) is 4.57 Å². The number of nitrogens with one attached hydrogen (secondary N) is 1. The Kier molecular flexibility index (Phi) is 10.6. The van der Waals surface area contributed by atoms with Gasteiger partial charge in [0.25, 0.3) is 0 Å². The van der Waals surface area contributed by atoms with Crippen LogP contribution >= 0.6 is 7.75 Å². The lowest BCUT2D eigenvalue weighted by Crippen LogP contribution is -2.67. The van der Waals surface area contributed by atoms with Crippen LogP contribution in [0.5, 0.6) is 0 Å². The lowest BCUT2D eigenvalue weighted by atomic mass is 10.1. The minimum Gasteiger partial charge on any atom is -0.799 e. The van der Waals surface area contributed by atoms with Crippen molar-refractivity contribution in [3.63, 3.8) is 0 Å². The van der Waals surface area contributed by atoms with Crippen LogP contribution in [0.4, 0.5) is 0 Å². The maximum Gasteiger partial charge on any atom is 0.0860 e. The van der Waals surface area contributed by atoms with Crippen LogP contribution in [0, 0.1) is 0 Å². The Hall–Kier alpha value is 0.0300. The quantitative estimate of drug-likeness (QED) is 0.550. The van der Waals surface area contributed by atoms with Gasteiger partial charge in [-0.3, -0.25) is 5.09 Å². The van der Waals surface area contributed by atoms with Crippen LogP contribution in [0.25, 0.3) is 0 Å². The summed E-state index contributed by atoms with van der Waals surface area (Å²) < 4.78 is 10.0. The van der Waals surface area contributed by atoms with Gasteiger partial charge < -0.3 is 25.8 Å². The standard InChI is InChI=1S/C4H12NO3P.2C4H11N/c1-4(2,3)5-9(6,7)8;2*1-4(2,3)5/h1-3H3,(H3,5,6,7,8);2*5H2,1-3H3. The molecular weight excluding hydrogens is 265 g/mol. The maximum atomic E-state index is 10.0. The molecule has 19 heavy (non-hydrogen) atoms. The largest absolute Gasteiger partial charge is 0.799 e. The molecule has 7 heteroatoms. The highest BCUT2D eigenvalue weighted by Gasteiger charge is 2.09. The van der Waals surface area contributed by atoms with Gasteiger partial charge in [-0.05, 0) is 70.1 Å². The average Bonchev–Trinajstić information content (AvgIpc) is 1.63. The second-order valence-electron chi connectivity index (χ2n) is 7.98. The summed E-state index contributed by atoms with van der Waals surface area (Å²) >= 11 is 0. The summed E-state index contributed by atoms with van der Waals surface area (Å²) in [5.74, 6) is 0. The molecule has 0 atom stereocenters. The van der Waals surface area contributed by atoms with Gasteiger partial charge >= 0.3 is 0 Å². The van der Waals surface area contributed by atoms with Crippen molar-refractivity contribution in [3.05, 3.63) is 0 Å². The Morgan fingerprint density at radius 3 is 0.947 bits per heavy atom. The lowest BCUT2D eigenvalue weighted by molar-refractivity contribution is -0.459. The van der Waals surface area contributed by atoms with Gasteiger partial charge in [0.05, 0.1) is 11.1 Å². The third kappa shape index (κ3) is 127. The van der Waals surface area contributed by atoms with Crippen LogP contribution in [0.2, 0.25) is 0 Å². The molecule has 0 aliphatic carbocycles. The highest BCUT2D eigenvalue weighted by Crippen LogP contribution is 2.21. The van der Waals surface area contributed by atoms with E-state index in [4.69, 9.17) is 0 Å². The van der Waals surface area contributed by atoms with Gasteiger partial charge in [0, 0.05) is 5.54 Å². The molecule has 0 radical (unpaired) electrons. The van der Waals surface area contributed by atoms with Gasteiger partial charge in [-0.15, -0.1) is 0 Å². The van der Waals surface area contributed by atoms with Crippen molar-refractivity contribution in [2.75, 3.05) is 0 Å².